The van der Waals surface area contributed by atoms with E-state index in [4.69, 9.17) is 4.74 Å². The van der Waals surface area contributed by atoms with Crippen molar-refractivity contribution in [2.45, 2.75) is 71.0 Å². The van der Waals surface area contributed by atoms with Crippen LogP contribution in [-0.4, -0.2) is 49.0 Å². The molecule has 28 heavy (non-hydrogen) atoms. The smallest absolute Gasteiger partial charge is 0.237 e. The predicted octanol–water partition coefficient (Wildman–Crippen LogP) is 2.45. The highest BCUT2D eigenvalue weighted by atomic mass is 16.5. The fourth-order valence-corrected chi connectivity index (χ4v) is 4.35. The van der Waals surface area contributed by atoms with Crippen LogP contribution in [0.15, 0.2) is 12.1 Å². The van der Waals surface area contributed by atoms with E-state index < -0.39 is 6.04 Å². The number of piperazine rings is 1. The molecule has 1 atom stereocenters. The molecule has 1 aliphatic carbocycles. The standard InChI is InChI=1S/C22H33N3O3/c1-15-16(2)20(28-3)10-9-17(15)14-25-12-11-23-22(27)19(25)13-21(26)24-18-7-5-4-6-8-18/h9-10,18-19H,4-8,11-14H2,1-3H3,(H,23,27)(H,24,26). The topological polar surface area (TPSA) is 70.7 Å². The van der Waals surface area contributed by atoms with Crippen molar-refractivity contribution in [2.75, 3.05) is 20.2 Å². The van der Waals surface area contributed by atoms with Crippen molar-refractivity contribution in [3.8, 4) is 5.75 Å². The molecule has 0 bridgehead atoms. The Bertz CT molecular complexity index is 713. The molecule has 1 aliphatic heterocycles. The van der Waals surface area contributed by atoms with Crippen LogP contribution in [0.3, 0.4) is 0 Å². The zero-order valence-corrected chi connectivity index (χ0v) is 17.3. The zero-order valence-electron chi connectivity index (χ0n) is 17.3. The maximum Gasteiger partial charge on any atom is 0.237 e. The van der Waals surface area contributed by atoms with Crippen molar-refractivity contribution >= 4 is 11.8 Å². The van der Waals surface area contributed by atoms with Crippen molar-refractivity contribution < 1.29 is 14.3 Å². The summed E-state index contributed by atoms with van der Waals surface area (Å²) in [7, 11) is 1.68. The van der Waals surface area contributed by atoms with Crippen LogP contribution in [0.25, 0.3) is 0 Å². The summed E-state index contributed by atoms with van der Waals surface area (Å²) in [6.45, 7) is 6.16. The second-order valence-electron chi connectivity index (χ2n) is 8.06. The van der Waals surface area contributed by atoms with Gasteiger partial charge in [-0.2, -0.15) is 0 Å². The molecule has 1 heterocycles. The lowest BCUT2D eigenvalue weighted by Crippen LogP contribution is -2.56. The van der Waals surface area contributed by atoms with E-state index in [1.165, 1.54) is 30.4 Å². The number of nitrogens with one attached hydrogen (secondary N) is 2. The Morgan fingerprint density at radius 2 is 1.96 bits per heavy atom. The number of hydrogen-bond donors (Lipinski definition) is 2. The molecule has 1 aromatic carbocycles. The molecule has 2 N–H and O–H groups in total. The number of nitrogens with zero attached hydrogens (tertiary/aromatic N) is 1. The van der Waals surface area contributed by atoms with E-state index in [0.29, 0.717) is 13.1 Å². The van der Waals surface area contributed by atoms with E-state index in [2.05, 4.69) is 35.4 Å². The first kappa shape index (κ1) is 20.6. The maximum atomic E-state index is 12.6. The highest BCUT2D eigenvalue weighted by Gasteiger charge is 2.32. The van der Waals surface area contributed by atoms with Crippen LogP contribution in [0.1, 0.15) is 55.2 Å². The summed E-state index contributed by atoms with van der Waals surface area (Å²) in [5, 5.41) is 6.07. The average molecular weight is 388 g/mol. The molecule has 0 aromatic heterocycles. The van der Waals surface area contributed by atoms with Gasteiger partial charge in [-0.05, 0) is 49.4 Å². The fraction of sp³-hybridized carbons (Fsp3) is 0.636. The van der Waals surface area contributed by atoms with E-state index in [1.807, 2.05) is 6.07 Å². The van der Waals surface area contributed by atoms with Gasteiger partial charge in [0.1, 0.15) is 5.75 Å². The van der Waals surface area contributed by atoms with Crippen LogP contribution in [0, 0.1) is 13.8 Å². The Morgan fingerprint density at radius 1 is 1.21 bits per heavy atom. The second-order valence-corrected chi connectivity index (χ2v) is 8.06. The third-order valence-corrected chi connectivity index (χ3v) is 6.23. The molecule has 0 radical (unpaired) electrons. The molecule has 1 unspecified atom stereocenters. The summed E-state index contributed by atoms with van der Waals surface area (Å²) >= 11 is 0. The van der Waals surface area contributed by atoms with E-state index in [-0.39, 0.29) is 24.3 Å². The molecule has 3 rings (SSSR count). The summed E-state index contributed by atoms with van der Waals surface area (Å²) in [6, 6.07) is 3.89. The van der Waals surface area contributed by atoms with Gasteiger partial charge in [-0.25, -0.2) is 0 Å². The van der Waals surface area contributed by atoms with Gasteiger partial charge in [0.2, 0.25) is 11.8 Å². The molecule has 2 fully saturated rings. The fourth-order valence-electron chi connectivity index (χ4n) is 4.35. The zero-order chi connectivity index (χ0) is 20.1. The van der Waals surface area contributed by atoms with Crippen molar-refractivity contribution in [1.82, 2.24) is 15.5 Å². The quantitative estimate of drug-likeness (QED) is 0.787. The first-order chi connectivity index (χ1) is 13.5. The molecule has 1 aromatic rings. The number of ether oxygens (including phenoxy) is 1. The summed E-state index contributed by atoms with van der Waals surface area (Å²) in [5.74, 6) is 0.815. The van der Waals surface area contributed by atoms with Crippen molar-refractivity contribution in [3.63, 3.8) is 0 Å². The second kappa shape index (κ2) is 9.41. The SMILES string of the molecule is COc1ccc(CN2CCNC(=O)C2CC(=O)NC2CCCCC2)c(C)c1C. The maximum absolute atomic E-state index is 12.6. The third-order valence-electron chi connectivity index (χ3n) is 6.23. The van der Waals surface area contributed by atoms with Crippen LogP contribution >= 0.6 is 0 Å². The van der Waals surface area contributed by atoms with Gasteiger partial charge in [0.15, 0.2) is 0 Å². The molecular weight excluding hydrogens is 354 g/mol. The molecule has 0 spiro atoms. The number of rotatable bonds is 6. The van der Waals surface area contributed by atoms with Gasteiger partial charge in [-0.15, -0.1) is 0 Å². The van der Waals surface area contributed by atoms with Crippen LogP contribution in [0.4, 0.5) is 0 Å². The molecular formula is C22H33N3O3. The van der Waals surface area contributed by atoms with E-state index >= 15 is 0 Å². The van der Waals surface area contributed by atoms with Crippen LogP contribution in [-0.2, 0) is 16.1 Å². The minimum Gasteiger partial charge on any atom is -0.496 e. The highest BCUT2D eigenvalue weighted by Crippen LogP contribution is 2.26. The predicted molar refractivity (Wildman–Crippen MR) is 109 cm³/mol. The van der Waals surface area contributed by atoms with Crippen molar-refractivity contribution in [1.29, 1.82) is 0 Å². The summed E-state index contributed by atoms with van der Waals surface area (Å²) in [4.78, 5) is 27.2. The van der Waals surface area contributed by atoms with E-state index in [0.717, 1.165) is 30.7 Å². The number of carbonyl (C=O) groups is 2. The average Bonchev–Trinajstić information content (AvgIpc) is 2.69. The largest absolute Gasteiger partial charge is 0.496 e. The van der Waals surface area contributed by atoms with Crippen LogP contribution < -0.4 is 15.4 Å². The van der Waals surface area contributed by atoms with Crippen molar-refractivity contribution in [2.24, 2.45) is 0 Å². The van der Waals surface area contributed by atoms with Gasteiger partial charge in [0.25, 0.3) is 0 Å². The van der Waals surface area contributed by atoms with Crippen molar-refractivity contribution in [3.05, 3.63) is 28.8 Å². The highest BCUT2D eigenvalue weighted by molar-refractivity contribution is 5.88. The lowest BCUT2D eigenvalue weighted by molar-refractivity contribution is -0.134. The first-order valence-electron chi connectivity index (χ1n) is 10.4. The Balaban J connectivity index is 1.67. The third kappa shape index (κ3) is 4.85. The Hall–Kier alpha value is -2.08. The van der Waals surface area contributed by atoms with Gasteiger partial charge in [-0.1, -0.05) is 25.3 Å². The van der Waals surface area contributed by atoms with Crippen LogP contribution in [0.2, 0.25) is 0 Å². The minimum absolute atomic E-state index is 0.0124. The van der Waals surface area contributed by atoms with E-state index in [9.17, 15) is 9.59 Å². The number of benzene rings is 1. The van der Waals surface area contributed by atoms with E-state index in [1.54, 1.807) is 7.11 Å². The number of hydrogen-bond acceptors (Lipinski definition) is 4. The summed E-state index contributed by atoms with van der Waals surface area (Å²) < 4.78 is 5.40. The number of amides is 2. The van der Waals surface area contributed by atoms with Gasteiger partial charge in [0.05, 0.1) is 19.6 Å². The molecule has 6 heteroatoms. The number of carbonyl (C=O) groups excluding carboxylic acids is 2. The van der Waals surface area contributed by atoms with Crippen LogP contribution in [0.5, 0.6) is 5.75 Å². The lowest BCUT2D eigenvalue weighted by atomic mass is 9.95. The lowest BCUT2D eigenvalue weighted by Gasteiger charge is -2.35. The first-order valence-corrected chi connectivity index (χ1v) is 10.4. The summed E-state index contributed by atoms with van der Waals surface area (Å²) in [5.41, 5.74) is 3.47. The Morgan fingerprint density at radius 3 is 2.68 bits per heavy atom. The molecule has 154 valence electrons. The van der Waals surface area contributed by atoms with Gasteiger partial charge in [0, 0.05) is 25.7 Å². The molecule has 2 amide bonds. The minimum atomic E-state index is -0.417. The number of methoxy groups -OCH3 is 1. The van der Waals surface area contributed by atoms with Gasteiger partial charge in [-0.3, -0.25) is 14.5 Å². The summed E-state index contributed by atoms with van der Waals surface area (Å²) in [6.07, 6.45) is 5.93. The molecule has 2 aliphatic rings. The molecule has 1 saturated carbocycles. The van der Waals surface area contributed by atoms with Gasteiger partial charge >= 0.3 is 0 Å². The Labute approximate surface area is 168 Å². The van der Waals surface area contributed by atoms with Gasteiger partial charge < -0.3 is 15.4 Å². The monoisotopic (exact) mass is 387 g/mol. The molecule has 6 nitrogen and oxygen atoms in total. The molecule has 1 saturated heterocycles. The normalized spacial score (nSPS) is 21.2. The Kier molecular flexibility index (Phi) is 6.94.